The largest absolute Gasteiger partial charge is 0.368 e. The van der Waals surface area contributed by atoms with Gasteiger partial charge in [0.1, 0.15) is 0 Å². The van der Waals surface area contributed by atoms with E-state index >= 15 is 0 Å². The first-order chi connectivity index (χ1) is 7.78. The molecule has 2 aliphatic heterocycles. The highest BCUT2D eigenvalue weighted by Crippen LogP contribution is 2.42. The van der Waals surface area contributed by atoms with Crippen molar-refractivity contribution >= 4 is 22.7 Å². The Morgan fingerprint density at radius 1 is 1.62 bits per heavy atom. The number of hydrogen-bond donors (Lipinski definition) is 2. The van der Waals surface area contributed by atoms with Crippen LogP contribution in [0.1, 0.15) is 18.0 Å². The molecule has 0 fully saturated rings. The number of nitrogens with zero attached hydrogens (tertiary/aromatic N) is 3. The topological polar surface area (TPSA) is 54.2 Å². The second-order valence-corrected chi connectivity index (χ2v) is 4.89. The summed E-state index contributed by atoms with van der Waals surface area (Å²) in [6, 6.07) is -0.224. The second kappa shape index (κ2) is 3.62. The molecule has 0 aromatic carbocycles. The zero-order valence-electron chi connectivity index (χ0n) is 8.15. The zero-order chi connectivity index (χ0) is 11.1. The minimum atomic E-state index is -0.224. The number of aromatic nitrogens is 2. The monoisotopic (exact) mass is 245 g/mol. The zero-order valence-corrected chi connectivity index (χ0v) is 8.97. The summed E-state index contributed by atoms with van der Waals surface area (Å²) >= 11 is 1.35. The third-order valence-corrected chi connectivity index (χ3v) is 3.91. The smallest absolute Gasteiger partial charge is 0.185 e. The quantitative estimate of drug-likeness (QED) is 0.679. The molecule has 0 saturated heterocycles. The van der Waals surface area contributed by atoms with Crippen molar-refractivity contribution in [2.45, 2.75) is 17.7 Å². The molecule has 1 aromatic rings. The Hall–Kier alpha value is -1.31. The van der Waals surface area contributed by atoms with Gasteiger partial charge in [-0.05, 0) is 6.42 Å². The lowest BCUT2D eigenvalue weighted by atomic mass is 10.1. The van der Waals surface area contributed by atoms with Gasteiger partial charge >= 0.3 is 0 Å². The molecule has 2 aliphatic rings. The average molecular weight is 245 g/mol. The van der Waals surface area contributed by atoms with Crippen molar-refractivity contribution < 1.29 is 8.96 Å². The van der Waals surface area contributed by atoms with Crippen LogP contribution >= 0.6 is 11.8 Å². The Morgan fingerprint density at radius 2 is 2.50 bits per heavy atom. The molecule has 86 valence electrons. The van der Waals surface area contributed by atoms with Crippen LogP contribution in [0, 0.1) is 0 Å². The first-order valence-corrected chi connectivity index (χ1v) is 5.76. The highest BCUT2D eigenvalue weighted by atomic mass is 32.2. The van der Waals surface area contributed by atoms with E-state index in [2.05, 4.69) is 15.4 Å². The fraction of sp³-hybridized carbons (Fsp3) is 0.500. The lowest BCUT2D eigenvalue weighted by Crippen LogP contribution is -2.12. The van der Waals surface area contributed by atoms with Crippen LogP contribution in [0.4, 0.5) is 14.8 Å². The standard InChI is InChI=1S/C8H9F2N5S/c9-13-8-12-6-4-3-15(10)14-7(4)11-2-1-5(6)16-8/h3,5-6H,1-2H2,(H,11,14)(H,12,13). The Bertz CT molecular complexity index is 446. The van der Waals surface area contributed by atoms with Gasteiger partial charge in [-0.2, -0.15) is 0 Å². The van der Waals surface area contributed by atoms with E-state index in [0.717, 1.165) is 6.42 Å². The molecule has 0 spiro atoms. The maximum atomic E-state index is 13.0. The summed E-state index contributed by atoms with van der Waals surface area (Å²) in [5.74, 6) is 0.499. The number of thioether (sulfide) groups is 1. The highest BCUT2D eigenvalue weighted by Gasteiger charge is 2.36. The van der Waals surface area contributed by atoms with Gasteiger partial charge in [-0.15, -0.1) is 14.5 Å². The van der Waals surface area contributed by atoms with E-state index in [-0.39, 0.29) is 21.4 Å². The molecule has 2 atom stereocenters. The van der Waals surface area contributed by atoms with Crippen molar-refractivity contribution in [3.8, 4) is 0 Å². The van der Waals surface area contributed by atoms with E-state index in [1.807, 2.05) is 0 Å². The molecule has 0 radical (unpaired) electrons. The first-order valence-electron chi connectivity index (χ1n) is 4.88. The lowest BCUT2D eigenvalue weighted by molar-refractivity contribution is 0.316. The van der Waals surface area contributed by atoms with Crippen LogP contribution in [-0.2, 0) is 0 Å². The van der Waals surface area contributed by atoms with Crippen LogP contribution < -0.4 is 10.9 Å². The molecular weight excluding hydrogens is 236 g/mol. The van der Waals surface area contributed by atoms with Crippen LogP contribution in [-0.4, -0.2) is 27.0 Å². The Kier molecular flexibility index (Phi) is 2.23. The number of aliphatic imine (C=N–C) groups is 1. The summed E-state index contributed by atoms with van der Waals surface area (Å²) in [6.45, 7) is 0.688. The first kappa shape index (κ1) is 9.88. The Labute approximate surface area is 94.2 Å². The predicted octanol–water partition coefficient (Wildman–Crippen LogP) is 1.42. The van der Waals surface area contributed by atoms with Gasteiger partial charge in [0.15, 0.2) is 11.0 Å². The van der Waals surface area contributed by atoms with E-state index in [9.17, 15) is 8.96 Å². The van der Waals surface area contributed by atoms with Gasteiger partial charge in [0.25, 0.3) is 0 Å². The second-order valence-electron chi connectivity index (χ2n) is 3.67. The van der Waals surface area contributed by atoms with Crippen molar-refractivity contribution in [3.05, 3.63) is 11.8 Å². The molecule has 0 saturated carbocycles. The normalized spacial score (nSPS) is 27.5. The molecule has 3 rings (SSSR count). The van der Waals surface area contributed by atoms with Crippen LogP contribution in [0.3, 0.4) is 0 Å². The highest BCUT2D eigenvalue weighted by molar-refractivity contribution is 8.14. The van der Waals surface area contributed by atoms with Gasteiger partial charge in [0.2, 0.25) is 0 Å². The number of fused-ring (bicyclic) bond motifs is 3. The van der Waals surface area contributed by atoms with Crippen LogP contribution in [0.2, 0.25) is 0 Å². The number of rotatable bonds is 0. The van der Waals surface area contributed by atoms with E-state index < -0.39 is 0 Å². The number of hydrogen-bond acceptors (Lipinski definition) is 5. The fourth-order valence-corrected chi connectivity index (χ4v) is 3.10. The summed E-state index contributed by atoms with van der Waals surface area (Å²) in [5, 5.41) is 7.10. The van der Waals surface area contributed by atoms with E-state index in [1.165, 1.54) is 18.0 Å². The van der Waals surface area contributed by atoms with Crippen LogP contribution in [0.15, 0.2) is 11.2 Å². The molecule has 8 heteroatoms. The molecular formula is C8H9F2N5S. The maximum Gasteiger partial charge on any atom is 0.185 e. The van der Waals surface area contributed by atoms with Crippen molar-refractivity contribution in [2.75, 3.05) is 11.9 Å². The van der Waals surface area contributed by atoms with E-state index in [4.69, 9.17) is 0 Å². The van der Waals surface area contributed by atoms with Gasteiger partial charge in [0.05, 0.1) is 12.2 Å². The third kappa shape index (κ3) is 1.44. The third-order valence-electron chi connectivity index (χ3n) is 2.71. The molecule has 16 heavy (non-hydrogen) atoms. The van der Waals surface area contributed by atoms with Crippen molar-refractivity contribution in [1.29, 1.82) is 0 Å². The van der Waals surface area contributed by atoms with Crippen molar-refractivity contribution in [1.82, 2.24) is 15.5 Å². The van der Waals surface area contributed by atoms with Gasteiger partial charge in [0, 0.05) is 17.4 Å². The number of amidine groups is 1. The van der Waals surface area contributed by atoms with Gasteiger partial charge in [-0.3, -0.25) is 4.99 Å². The molecule has 0 amide bonds. The number of anilines is 1. The van der Waals surface area contributed by atoms with E-state index in [0.29, 0.717) is 17.9 Å². The van der Waals surface area contributed by atoms with Gasteiger partial charge in [-0.25, -0.2) is 5.54 Å². The average Bonchev–Trinajstić information content (AvgIpc) is 2.79. The number of nitrogens with one attached hydrogen (secondary N) is 2. The molecule has 2 N–H and O–H groups in total. The Morgan fingerprint density at radius 3 is 3.31 bits per heavy atom. The summed E-state index contributed by atoms with van der Waals surface area (Å²) in [4.78, 5) is 4.44. The fourth-order valence-electron chi connectivity index (χ4n) is 2.03. The molecule has 0 bridgehead atoms. The van der Waals surface area contributed by atoms with Gasteiger partial charge < -0.3 is 5.32 Å². The minimum absolute atomic E-state index is 0.135. The SMILES string of the molecule is FNC1=NC2c3cn(F)nc3NCCC2S1. The summed E-state index contributed by atoms with van der Waals surface area (Å²) < 4.78 is 25.3. The van der Waals surface area contributed by atoms with E-state index in [1.54, 1.807) is 5.54 Å². The predicted molar refractivity (Wildman–Crippen MR) is 57.6 cm³/mol. The van der Waals surface area contributed by atoms with Crippen LogP contribution in [0.5, 0.6) is 0 Å². The molecule has 5 nitrogen and oxygen atoms in total. The summed E-state index contributed by atoms with van der Waals surface area (Å²) in [6.07, 6.45) is 2.13. The molecule has 3 heterocycles. The lowest BCUT2D eigenvalue weighted by Gasteiger charge is -2.11. The molecule has 0 aliphatic carbocycles. The summed E-state index contributed by atoms with van der Waals surface area (Å²) in [7, 11) is 0. The van der Waals surface area contributed by atoms with Crippen molar-refractivity contribution in [3.63, 3.8) is 0 Å². The van der Waals surface area contributed by atoms with Gasteiger partial charge in [-0.1, -0.05) is 16.2 Å². The maximum absolute atomic E-state index is 13.0. The molecule has 1 aromatic heterocycles. The van der Waals surface area contributed by atoms with Crippen molar-refractivity contribution in [2.24, 2.45) is 4.99 Å². The van der Waals surface area contributed by atoms with Crippen LogP contribution in [0.25, 0.3) is 0 Å². The minimum Gasteiger partial charge on any atom is -0.368 e. The Balaban J connectivity index is 2.01. The summed E-state index contributed by atoms with van der Waals surface area (Å²) in [5.41, 5.74) is 2.23. The number of halogens is 2. The molecule has 2 unspecified atom stereocenters.